The molecular formula is C10H10BrClN4. The summed E-state index contributed by atoms with van der Waals surface area (Å²) in [5, 5.41) is 8.54. The minimum absolute atomic E-state index is 0.412. The monoisotopic (exact) mass is 300 g/mol. The van der Waals surface area contributed by atoms with Gasteiger partial charge >= 0.3 is 0 Å². The highest BCUT2D eigenvalue weighted by Gasteiger charge is 2.11. The second-order valence-electron chi connectivity index (χ2n) is 3.36. The van der Waals surface area contributed by atoms with Gasteiger partial charge in [0.15, 0.2) is 4.60 Å². The Morgan fingerprint density at radius 1 is 1.50 bits per heavy atom. The van der Waals surface area contributed by atoms with E-state index >= 15 is 0 Å². The molecule has 0 aliphatic rings. The average molecular weight is 302 g/mol. The van der Waals surface area contributed by atoms with Gasteiger partial charge in [-0.15, -0.1) is 5.10 Å². The van der Waals surface area contributed by atoms with E-state index < -0.39 is 0 Å². The number of halogens is 2. The zero-order chi connectivity index (χ0) is 11.7. The van der Waals surface area contributed by atoms with Crippen LogP contribution >= 0.6 is 27.5 Å². The van der Waals surface area contributed by atoms with Gasteiger partial charge in [-0.05, 0) is 33.6 Å². The van der Waals surface area contributed by atoms with E-state index in [-0.39, 0.29) is 0 Å². The van der Waals surface area contributed by atoms with Crippen LogP contribution in [0.1, 0.15) is 5.56 Å². The largest absolute Gasteiger partial charge is 0.326 e. The summed E-state index contributed by atoms with van der Waals surface area (Å²) in [5.74, 6) is 0. The smallest absolute Gasteiger partial charge is 0.156 e. The lowest BCUT2D eigenvalue weighted by molar-refractivity contribution is 0.720. The summed E-state index contributed by atoms with van der Waals surface area (Å²) in [7, 11) is 1.84. The molecule has 2 rings (SSSR count). The van der Waals surface area contributed by atoms with Crippen molar-refractivity contribution in [1.29, 1.82) is 0 Å². The highest BCUT2D eigenvalue weighted by molar-refractivity contribution is 9.10. The number of benzene rings is 1. The normalized spacial score (nSPS) is 10.8. The van der Waals surface area contributed by atoms with Crippen LogP contribution in [0.15, 0.2) is 22.8 Å². The topological polar surface area (TPSA) is 56.7 Å². The summed E-state index contributed by atoms with van der Waals surface area (Å²) in [6, 6.07) is 5.70. The summed E-state index contributed by atoms with van der Waals surface area (Å²) >= 11 is 9.37. The van der Waals surface area contributed by atoms with E-state index in [0.29, 0.717) is 16.2 Å². The maximum Gasteiger partial charge on any atom is 0.156 e. The molecule has 2 aromatic rings. The van der Waals surface area contributed by atoms with Gasteiger partial charge in [-0.3, -0.25) is 0 Å². The Bertz CT molecular complexity index is 504. The van der Waals surface area contributed by atoms with Crippen molar-refractivity contribution in [1.82, 2.24) is 15.0 Å². The van der Waals surface area contributed by atoms with Crippen molar-refractivity contribution in [2.75, 3.05) is 0 Å². The van der Waals surface area contributed by atoms with Crippen LogP contribution in [-0.4, -0.2) is 15.0 Å². The summed E-state index contributed by atoms with van der Waals surface area (Å²) in [6.45, 7) is 0.412. The molecule has 0 unspecified atom stereocenters. The molecule has 84 valence electrons. The van der Waals surface area contributed by atoms with Gasteiger partial charge in [0.2, 0.25) is 0 Å². The highest BCUT2D eigenvalue weighted by Crippen LogP contribution is 2.28. The molecule has 1 aromatic heterocycles. The van der Waals surface area contributed by atoms with Crippen molar-refractivity contribution >= 4 is 27.5 Å². The quantitative estimate of drug-likeness (QED) is 0.926. The van der Waals surface area contributed by atoms with Gasteiger partial charge in [0.25, 0.3) is 0 Å². The second-order valence-corrected chi connectivity index (χ2v) is 4.52. The van der Waals surface area contributed by atoms with E-state index in [2.05, 4.69) is 26.2 Å². The van der Waals surface area contributed by atoms with E-state index in [1.165, 1.54) is 0 Å². The first-order valence-electron chi connectivity index (χ1n) is 4.67. The van der Waals surface area contributed by atoms with Gasteiger partial charge in [0.1, 0.15) is 5.69 Å². The Kier molecular flexibility index (Phi) is 3.28. The fourth-order valence-electron chi connectivity index (χ4n) is 1.52. The molecule has 1 aromatic carbocycles. The fourth-order valence-corrected chi connectivity index (χ4v) is 2.27. The number of hydrogen-bond donors (Lipinski definition) is 1. The van der Waals surface area contributed by atoms with E-state index in [9.17, 15) is 0 Å². The van der Waals surface area contributed by atoms with Crippen molar-refractivity contribution in [2.45, 2.75) is 6.54 Å². The first-order chi connectivity index (χ1) is 7.63. The van der Waals surface area contributed by atoms with Crippen LogP contribution in [0.2, 0.25) is 5.02 Å². The van der Waals surface area contributed by atoms with Gasteiger partial charge in [-0.2, -0.15) is 0 Å². The molecule has 0 radical (unpaired) electrons. The number of nitrogens with zero attached hydrogens (tertiary/aromatic N) is 3. The predicted octanol–water partition coefficient (Wildman–Crippen LogP) is 2.36. The lowest BCUT2D eigenvalue weighted by atomic mass is 10.1. The third-order valence-corrected chi connectivity index (χ3v) is 3.23. The van der Waals surface area contributed by atoms with E-state index in [1.807, 2.05) is 25.2 Å². The molecular weight excluding hydrogens is 291 g/mol. The maximum absolute atomic E-state index is 6.01. The maximum atomic E-state index is 6.01. The fraction of sp³-hybridized carbons (Fsp3) is 0.200. The van der Waals surface area contributed by atoms with Crippen molar-refractivity contribution in [3.05, 3.63) is 33.4 Å². The first kappa shape index (κ1) is 11.6. The third-order valence-electron chi connectivity index (χ3n) is 2.32. The predicted molar refractivity (Wildman–Crippen MR) is 67.0 cm³/mol. The summed E-state index contributed by atoms with van der Waals surface area (Å²) in [6.07, 6.45) is 0. The standard InChI is InChI=1S/C10H10BrClN4/c1-16-9(10(11)14-15-16)6-2-3-8(12)7(4-6)5-13/h2-4H,5,13H2,1H3. The number of hydrogen-bond acceptors (Lipinski definition) is 3. The Balaban J connectivity index is 2.57. The van der Waals surface area contributed by atoms with Crippen LogP contribution in [0.25, 0.3) is 11.3 Å². The zero-order valence-corrected chi connectivity index (χ0v) is 11.0. The Morgan fingerprint density at radius 2 is 2.25 bits per heavy atom. The summed E-state index contributed by atoms with van der Waals surface area (Å²) < 4.78 is 2.41. The molecule has 0 saturated heterocycles. The molecule has 1 heterocycles. The Labute approximate surface area is 107 Å². The number of aromatic nitrogens is 3. The van der Waals surface area contributed by atoms with E-state index in [0.717, 1.165) is 16.8 Å². The minimum Gasteiger partial charge on any atom is -0.326 e. The molecule has 16 heavy (non-hydrogen) atoms. The van der Waals surface area contributed by atoms with Crippen molar-refractivity contribution < 1.29 is 0 Å². The van der Waals surface area contributed by atoms with Crippen LogP contribution in [0, 0.1) is 0 Å². The lowest BCUT2D eigenvalue weighted by Gasteiger charge is -2.06. The second kappa shape index (κ2) is 4.53. The van der Waals surface area contributed by atoms with Gasteiger partial charge in [-0.1, -0.05) is 22.9 Å². The molecule has 0 bridgehead atoms. The lowest BCUT2D eigenvalue weighted by Crippen LogP contribution is -1.99. The molecule has 6 heteroatoms. The van der Waals surface area contributed by atoms with Crippen molar-refractivity contribution in [3.63, 3.8) is 0 Å². The minimum atomic E-state index is 0.412. The molecule has 0 fully saturated rings. The molecule has 4 nitrogen and oxygen atoms in total. The number of rotatable bonds is 2. The molecule has 0 aliphatic carbocycles. The van der Waals surface area contributed by atoms with Crippen molar-refractivity contribution in [3.8, 4) is 11.3 Å². The van der Waals surface area contributed by atoms with Crippen LogP contribution < -0.4 is 5.73 Å². The molecule has 0 spiro atoms. The van der Waals surface area contributed by atoms with Gasteiger partial charge < -0.3 is 5.73 Å². The van der Waals surface area contributed by atoms with E-state index in [4.69, 9.17) is 17.3 Å². The van der Waals surface area contributed by atoms with E-state index in [1.54, 1.807) is 4.68 Å². The van der Waals surface area contributed by atoms with Crippen LogP contribution in [0.5, 0.6) is 0 Å². The number of nitrogens with two attached hydrogens (primary N) is 1. The van der Waals surface area contributed by atoms with Crippen molar-refractivity contribution in [2.24, 2.45) is 12.8 Å². The van der Waals surface area contributed by atoms with Gasteiger partial charge in [0, 0.05) is 24.2 Å². The van der Waals surface area contributed by atoms with Crippen LogP contribution in [0.3, 0.4) is 0 Å². The highest BCUT2D eigenvalue weighted by atomic mass is 79.9. The van der Waals surface area contributed by atoms with Gasteiger partial charge in [0.05, 0.1) is 0 Å². The molecule has 0 atom stereocenters. The number of aryl methyl sites for hydroxylation is 1. The third kappa shape index (κ3) is 1.98. The molecule has 0 saturated carbocycles. The first-order valence-corrected chi connectivity index (χ1v) is 5.84. The zero-order valence-electron chi connectivity index (χ0n) is 8.61. The average Bonchev–Trinajstić information content (AvgIpc) is 2.60. The Hall–Kier alpha value is -0.910. The van der Waals surface area contributed by atoms with Gasteiger partial charge in [-0.25, -0.2) is 4.68 Å². The summed E-state index contributed by atoms with van der Waals surface area (Å²) in [5.41, 5.74) is 8.42. The SMILES string of the molecule is Cn1nnc(Br)c1-c1ccc(Cl)c(CN)c1. The van der Waals surface area contributed by atoms with Crippen LogP contribution in [-0.2, 0) is 13.6 Å². The summed E-state index contributed by atoms with van der Waals surface area (Å²) in [4.78, 5) is 0. The Morgan fingerprint density at radius 3 is 2.81 bits per heavy atom. The molecule has 0 amide bonds. The molecule has 0 aliphatic heterocycles. The van der Waals surface area contributed by atoms with Crippen LogP contribution in [0.4, 0.5) is 0 Å². The molecule has 2 N–H and O–H groups in total.